The van der Waals surface area contributed by atoms with Crippen LogP contribution in [-0.4, -0.2) is 43.2 Å². The highest BCUT2D eigenvalue weighted by Gasteiger charge is 2.28. The SMILES string of the molecule is CO[C@H]1CNC[C@@H]1NC(=O)c1cnc(C(C)C)s1. The second-order valence-electron chi connectivity index (χ2n) is 4.73. The Kier molecular flexibility index (Phi) is 4.31. The Bertz CT molecular complexity index is 419. The second kappa shape index (κ2) is 5.77. The third-order valence-electron chi connectivity index (χ3n) is 3.02. The molecule has 18 heavy (non-hydrogen) atoms. The van der Waals surface area contributed by atoms with Gasteiger partial charge in [0.15, 0.2) is 0 Å². The van der Waals surface area contributed by atoms with E-state index in [1.165, 1.54) is 11.3 Å². The maximum atomic E-state index is 12.1. The molecule has 2 heterocycles. The number of hydrogen-bond acceptors (Lipinski definition) is 5. The van der Waals surface area contributed by atoms with E-state index in [1.54, 1.807) is 13.3 Å². The van der Waals surface area contributed by atoms with Gasteiger partial charge in [-0.1, -0.05) is 13.8 Å². The molecule has 0 radical (unpaired) electrons. The highest BCUT2D eigenvalue weighted by atomic mass is 32.1. The predicted octanol–water partition coefficient (Wildman–Crippen LogP) is 0.983. The molecule has 2 N–H and O–H groups in total. The van der Waals surface area contributed by atoms with Crippen LogP contribution in [0.5, 0.6) is 0 Å². The summed E-state index contributed by atoms with van der Waals surface area (Å²) in [6.07, 6.45) is 1.70. The van der Waals surface area contributed by atoms with Crippen molar-refractivity contribution in [2.45, 2.75) is 31.9 Å². The Morgan fingerprint density at radius 3 is 3.00 bits per heavy atom. The number of nitrogens with zero attached hydrogens (tertiary/aromatic N) is 1. The van der Waals surface area contributed by atoms with Gasteiger partial charge < -0.3 is 15.4 Å². The topological polar surface area (TPSA) is 63.2 Å². The number of nitrogens with one attached hydrogen (secondary N) is 2. The highest BCUT2D eigenvalue weighted by molar-refractivity contribution is 7.13. The summed E-state index contributed by atoms with van der Waals surface area (Å²) < 4.78 is 5.31. The molecule has 2 atom stereocenters. The number of rotatable bonds is 4. The predicted molar refractivity (Wildman–Crippen MR) is 71.1 cm³/mol. The van der Waals surface area contributed by atoms with Crippen LogP contribution in [-0.2, 0) is 4.74 Å². The quantitative estimate of drug-likeness (QED) is 0.855. The zero-order chi connectivity index (χ0) is 13.1. The normalized spacial score (nSPS) is 23.6. The lowest BCUT2D eigenvalue weighted by molar-refractivity contribution is 0.0782. The first-order valence-electron chi connectivity index (χ1n) is 6.12. The molecule has 0 aliphatic carbocycles. The van der Waals surface area contributed by atoms with Crippen LogP contribution in [0.25, 0.3) is 0 Å². The van der Waals surface area contributed by atoms with Crippen LogP contribution in [0.1, 0.15) is 34.4 Å². The molecule has 1 aliphatic heterocycles. The van der Waals surface area contributed by atoms with E-state index in [-0.39, 0.29) is 18.1 Å². The minimum Gasteiger partial charge on any atom is -0.378 e. The third kappa shape index (κ3) is 2.88. The highest BCUT2D eigenvalue weighted by Crippen LogP contribution is 2.21. The zero-order valence-corrected chi connectivity index (χ0v) is 11.7. The van der Waals surface area contributed by atoms with Crippen LogP contribution >= 0.6 is 11.3 Å². The molecule has 0 unspecified atom stereocenters. The van der Waals surface area contributed by atoms with Crippen molar-refractivity contribution in [3.63, 3.8) is 0 Å². The van der Waals surface area contributed by atoms with Gasteiger partial charge in [0, 0.05) is 26.1 Å². The summed E-state index contributed by atoms with van der Waals surface area (Å²) in [7, 11) is 1.67. The summed E-state index contributed by atoms with van der Waals surface area (Å²) in [4.78, 5) is 17.0. The molecule has 1 aliphatic rings. The van der Waals surface area contributed by atoms with Gasteiger partial charge in [-0.2, -0.15) is 0 Å². The number of hydrogen-bond donors (Lipinski definition) is 2. The van der Waals surface area contributed by atoms with E-state index in [2.05, 4.69) is 29.5 Å². The monoisotopic (exact) mass is 269 g/mol. The minimum atomic E-state index is -0.0600. The summed E-state index contributed by atoms with van der Waals surface area (Å²) in [5, 5.41) is 7.19. The Labute approximate surface area is 111 Å². The van der Waals surface area contributed by atoms with E-state index in [4.69, 9.17) is 4.74 Å². The van der Waals surface area contributed by atoms with Crippen LogP contribution in [0.4, 0.5) is 0 Å². The van der Waals surface area contributed by atoms with Crippen molar-refractivity contribution < 1.29 is 9.53 Å². The smallest absolute Gasteiger partial charge is 0.263 e. The lowest BCUT2D eigenvalue weighted by Crippen LogP contribution is -2.43. The van der Waals surface area contributed by atoms with Crippen molar-refractivity contribution in [1.29, 1.82) is 0 Å². The van der Waals surface area contributed by atoms with Gasteiger partial charge in [-0.25, -0.2) is 4.98 Å². The van der Waals surface area contributed by atoms with Gasteiger partial charge in [-0.05, 0) is 0 Å². The Balaban J connectivity index is 1.98. The molecule has 2 rings (SSSR count). The lowest BCUT2D eigenvalue weighted by atomic mass is 10.2. The van der Waals surface area contributed by atoms with Crippen molar-refractivity contribution in [2.24, 2.45) is 0 Å². The largest absolute Gasteiger partial charge is 0.378 e. The van der Waals surface area contributed by atoms with Crippen molar-refractivity contribution in [3.05, 3.63) is 16.1 Å². The van der Waals surface area contributed by atoms with E-state index >= 15 is 0 Å². The average molecular weight is 269 g/mol. The zero-order valence-electron chi connectivity index (χ0n) is 10.9. The van der Waals surface area contributed by atoms with Crippen molar-refractivity contribution in [3.8, 4) is 0 Å². The molecule has 0 spiro atoms. The van der Waals surface area contributed by atoms with Gasteiger partial charge in [0.2, 0.25) is 0 Å². The standard InChI is InChI=1S/C12H19N3O2S/c1-7(2)12-14-6-10(18-12)11(16)15-8-4-13-5-9(8)17-3/h6-9,13H,4-5H2,1-3H3,(H,15,16)/t8-,9-/m0/s1. The Hall–Kier alpha value is -0.980. The number of ether oxygens (including phenoxy) is 1. The first kappa shape index (κ1) is 13.5. The fraction of sp³-hybridized carbons (Fsp3) is 0.667. The molecular formula is C12H19N3O2S. The molecule has 1 aromatic rings. The fourth-order valence-electron chi connectivity index (χ4n) is 1.95. The molecule has 100 valence electrons. The van der Waals surface area contributed by atoms with Crippen LogP contribution in [0.2, 0.25) is 0 Å². The first-order valence-corrected chi connectivity index (χ1v) is 6.93. The summed E-state index contributed by atoms with van der Waals surface area (Å²) in [6, 6.07) is 0.0344. The van der Waals surface area contributed by atoms with Gasteiger partial charge in [0.25, 0.3) is 5.91 Å². The van der Waals surface area contributed by atoms with Crippen molar-refractivity contribution in [1.82, 2.24) is 15.6 Å². The summed E-state index contributed by atoms with van der Waals surface area (Å²) in [6.45, 7) is 5.67. The number of aromatic nitrogens is 1. The number of carbonyl (C=O) groups is 1. The van der Waals surface area contributed by atoms with Crippen molar-refractivity contribution >= 4 is 17.2 Å². The van der Waals surface area contributed by atoms with E-state index in [0.29, 0.717) is 10.8 Å². The molecule has 1 aromatic heterocycles. The number of thiazole rings is 1. The fourth-order valence-corrected chi connectivity index (χ4v) is 2.77. The van der Waals surface area contributed by atoms with E-state index in [9.17, 15) is 4.79 Å². The third-order valence-corrected chi connectivity index (χ3v) is 4.32. The summed E-state index contributed by atoms with van der Waals surface area (Å²) in [5.74, 6) is 0.298. The summed E-state index contributed by atoms with van der Waals surface area (Å²) in [5.41, 5.74) is 0. The Morgan fingerprint density at radius 1 is 1.61 bits per heavy atom. The second-order valence-corrected chi connectivity index (χ2v) is 5.79. The van der Waals surface area contributed by atoms with Crippen LogP contribution < -0.4 is 10.6 Å². The molecule has 1 amide bonds. The van der Waals surface area contributed by atoms with Crippen LogP contribution in [0, 0.1) is 0 Å². The average Bonchev–Trinajstić information content (AvgIpc) is 2.96. The maximum absolute atomic E-state index is 12.1. The molecule has 5 nitrogen and oxygen atoms in total. The van der Waals surface area contributed by atoms with E-state index < -0.39 is 0 Å². The molecule has 1 fully saturated rings. The van der Waals surface area contributed by atoms with E-state index in [1.807, 2.05) is 0 Å². The van der Waals surface area contributed by atoms with Gasteiger partial charge in [-0.15, -0.1) is 11.3 Å². The molecule has 0 saturated carbocycles. The van der Waals surface area contributed by atoms with Crippen LogP contribution in [0.3, 0.4) is 0 Å². The molecule has 0 bridgehead atoms. The molecular weight excluding hydrogens is 250 g/mol. The lowest BCUT2D eigenvalue weighted by Gasteiger charge is -2.17. The van der Waals surface area contributed by atoms with Gasteiger partial charge in [0.05, 0.1) is 23.4 Å². The first-order chi connectivity index (χ1) is 8.61. The Morgan fingerprint density at radius 2 is 2.39 bits per heavy atom. The summed E-state index contributed by atoms with van der Waals surface area (Å²) >= 11 is 1.46. The molecule has 1 saturated heterocycles. The van der Waals surface area contributed by atoms with Gasteiger partial charge >= 0.3 is 0 Å². The van der Waals surface area contributed by atoms with Crippen molar-refractivity contribution in [2.75, 3.05) is 20.2 Å². The molecule has 0 aromatic carbocycles. The number of carbonyl (C=O) groups excluding carboxylic acids is 1. The minimum absolute atomic E-state index is 0.0344. The van der Waals surface area contributed by atoms with Gasteiger partial charge in [-0.3, -0.25) is 4.79 Å². The number of amides is 1. The number of methoxy groups -OCH3 is 1. The maximum Gasteiger partial charge on any atom is 0.263 e. The molecule has 6 heteroatoms. The van der Waals surface area contributed by atoms with Gasteiger partial charge in [0.1, 0.15) is 4.88 Å². The van der Waals surface area contributed by atoms with E-state index in [0.717, 1.165) is 18.1 Å². The van der Waals surface area contributed by atoms with Crippen LogP contribution in [0.15, 0.2) is 6.20 Å².